The number of phenols is 1. The predicted molar refractivity (Wildman–Crippen MR) is 156 cm³/mol. The summed E-state index contributed by atoms with van der Waals surface area (Å²) >= 11 is 6.40. The predicted octanol–water partition coefficient (Wildman–Crippen LogP) is 4.97. The number of terminal acetylenes is 1. The maximum atomic E-state index is 16.6. The zero-order valence-corrected chi connectivity index (χ0v) is 23.6. The van der Waals surface area contributed by atoms with Crippen molar-refractivity contribution in [2.75, 3.05) is 44.9 Å². The van der Waals surface area contributed by atoms with Crippen LogP contribution in [0.2, 0.25) is 5.02 Å². The first-order valence-electron chi connectivity index (χ1n) is 14.0. The van der Waals surface area contributed by atoms with E-state index < -0.39 is 18.0 Å². The number of hydrogen-bond acceptors (Lipinski definition) is 8. The summed E-state index contributed by atoms with van der Waals surface area (Å²) in [7, 11) is 2.04. The van der Waals surface area contributed by atoms with Crippen molar-refractivity contribution in [2.24, 2.45) is 5.92 Å². The first kappa shape index (κ1) is 27.1. The Morgan fingerprint density at radius 2 is 2.12 bits per heavy atom. The minimum Gasteiger partial charge on any atom is -0.508 e. The molecule has 2 saturated heterocycles. The number of pyridine rings is 1. The van der Waals surface area contributed by atoms with Gasteiger partial charge in [-0.2, -0.15) is 9.97 Å². The number of fused-ring (bicyclic) bond motifs is 3. The lowest BCUT2D eigenvalue weighted by molar-refractivity contribution is 0.130. The first-order valence-corrected chi connectivity index (χ1v) is 14.3. The summed E-state index contributed by atoms with van der Waals surface area (Å²) in [6, 6.07) is 6.02. The van der Waals surface area contributed by atoms with E-state index in [1.54, 1.807) is 12.1 Å². The fourth-order valence-corrected chi connectivity index (χ4v) is 6.51. The number of rotatable bonds is 5. The Hall–Kier alpha value is -3.78. The van der Waals surface area contributed by atoms with E-state index in [4.69, 9.17) is 27.5 Å². The minimum absolute atomic E-state index is 0.000233. The smallest absolute Gasteiger partial charge is 0.319 e. The topological polar surface area (TPSA) is 83.8 Å². The van der Waals surface area contributed by atoms with E-state index in [1.807, 2.05) is 11.9 Å². The third kappa shape index (κ3) is 4.47. The van der Waals surface area contributed by atoms with Crippen LogP contribution in [-0.4, -0.2) is 83.2 Å². The van der Waals surface area contributed by atoms with E-state index in [1.165, 1.54) is 18.3 Å². The van der Waals surface area contributed by atoms with Gasteiger partial charge in [0, 0.05) is 35.7 Å². The van der Waals surface area contributed by atoms with Gasteiger partial charge in [-0.1, -0.05) is 23.6 Å². The molecule has 11 heteroatoms. The second-order valence-electron chi connectivity index (χ2n) is 11.1. The molecule has 2 aromatic heterocycles. The molecular formula is C31H28ClF2N5O3. The molecule has 7 rings (SSSR count). The number of aromatic nitrogens is 3. The third-order valence-corrected chi connectivity index (χ3v) is 8.94. The van der Waals surface area contributed by atoms with Crippen LogP contribution in [0.25, 0.3) is 32.9 Å². The van der Waals surface area contributed by atoms with Crippen molar-refractivity contribution < 1.29 is 23.4 Å². The molecular weight excluding hydrogens is 564 g/mol. The van der Waals surface area contributed by atoms with Crippen LogP contribution < -0.4 is 9.64 Å². The van der Waals surface area contributed by atoms with Crippen LogP contribution in [-0.2, 0) is 4.74 Å². The van der Waals surface area contributed by atoms with Crippen molar-refractivity contribution in [1.29, 1.82) is 0 Å². The van der Waals surface area contributed by atoms with E-state index in [0.29, 0.717) is 58.9 Å². The van der Waals surface area contributed by atoms with Gasteiger partial charge in [0.25, 0.3) is 0 Å². The van der Waals surface area contributed by atoms with Crippen LogP contribution in [0, 0.1) is 24.1 Å². The molecule has 4 atom stereocenters. The van der Waals surface area contributed by atoms with E-state index in [0.717, 1.165) is 19.4 Å². The lowest BCUT2D eigenvalue weighted by atomic mass is 9.96. The van der Waals surface area contributed by atoms with Gasteiger partial charge in [-0.25, -0.2) is 8.78 Å². The molecule has 0 spiro atoms. The quantitative estimate of drug-likeness (QED) is 0.326. The number of nitrogens with zero attached hydrogens (tertiary/aromatic N) is 5. The highest BCUT2D eigenvalue weighted by molar-refractivity contribution is 6.33. The van der Waals surface area contributed by atoms with Gasteiger partial charge in [-0.3, -0.25) is 4.98 Å². The maximum Gasteiger partial charge on any atom is 0.319 e. The van der Waals surface area contributed by atoms with E-state index in [-0.39, 0.29) is 40.5 Å². The van der Waals surface area contributed by atoms with Gasteiger partial charge in [-0.05, 0) is 50.0 Å². The molecule has 4 heterocycles. The van der Waals surface area contributed by atoms with Crippen molar-refractivity contribution in [2.45, 2.75) is 31.1 Å². The average molecular weight is 592 g/mol. The van der Waals surface area contributed by atoms with Crippen molar-refractivity contribution in [1.82, 2.24) is 19.9 Å². The van der Waals surface area contributed by atoms with E-state index in [9.17, 15) is 9.50 Å². The molecule has 216 valence electrons. The Balaban J connectivity index is 1.41. The third-order valence-electron chi connectivity index (χ3n) is 8.62. The summed E-state index contributed by atoms with van der Waals surface area (Å²) in [6.45, 7) is 2.39. The van der Waals surface area contributed by atoms with Crippen LogP contribution >= 0.6 is 11.6 Å². The maximum absolute atomic E-state index is 16.6. The standard InChI is InChI=1S/C31H28ClF2N5O3/c1-3-19-23(32)7-6-16-11-18(40)12-20(24(16)19)27-26(34)28-21(13-35-27)30(39-9-10-41-15-22-25(33)29(22)39)37-31(36-28)42-14-17-5-4-8-38(17)2/h1,6-7,11-13,17,22,25,29,40H,4-5,8-10,14-15H2,2H3/t17-,22-,25-,29-/m0/s1. The Bertz CT molecular complexity index is 1770. The van der Waals surface area contributed by atoms with E-state index in [2.05, 4.69) is 25.8 Å². The van der Waals surface area contributed by atoms with Crippen LogP contribution in [0.4, 0.5) is 14.6 Å². The number of phenolic OH excluding ortho intramolecular Hbond substituents is 1. The summed E-state index contributed by atoms with van der Waals surface area (Å²) < 4.78 is 43.1. The largest absolute Gasteiger partial charge is 0.508 e. The molecule has 0 amide bonds. The molecule has 0 unspecified atom stereocenters. The van der Waals surface area contributed by atoms with Crippen molar-refractivity contribution >= 4 is 39.1 Å². The molecule has 2 aliphatic heterocycles. The van der Waals surface area contributed by atoms with Crippen LogP contribution in [0.1, 0.15) is 18.4 Å². The van der Waals surface area contributed by atoms with Gasteiger partial charge in [0.2, 0.25) is 0 Å². The number of likely N-dealkylation sites (N-methyl/N-ethyl adjacent to an activating group) is 1. The first-order chi connectivity index (χ1) is 20.4. The molecule has 0 radical (unpaired) electrons. The van der Waals surface area contributed by atoms with Crippen molar-refractivity contribution in [3.8, 4) is 35.4 Å². The Kier molecular flexibility index (Phi) is 6.76. The summed E-state index contributed by atoms with van der Waals surface area (Å²) in [5, 5.41) is 12.2. The van der Waals surface area contributed by atoms with Gasteiger partial charge in [0.1, 0.15) is 35.6 Å². The van der Waals surface area contributed by atoms with Crippen molar-refractivity contribution in [3.63, 3.8) is 0 Å². The molecule has 42 heavy (non-hydrogen) atoms. The van der Waals surface area contributed by atoms with Crippen LogP contribution in [0.5, 0.6) is 11.8 Å². The number of anilines is 1. The molecule has 2 aromatic carbocycles. The second-order valence-corrected chi connectivity index (χ2v) is 11.5. The van der Waals surface area contributed by atoms with Gasteiger partial charge in [0.15, 0.2) is 5.82 Å². The molecule has 4 aromatic rings. The van der Waals surface area contributed by atoms with Gasteiger partial charge < -0.3 is 24.4 Å². The number of aromatic hydroxyl groups is 1. The molecule has 1 saturated carbocycles. The number of alkyl halides is 1. The van der Waals surface area contributed by atoms with Gasteiger partial charge in [0.05, 0.1) is 35.2 Å². The number of hydrogen-bond donors (Lipinski definition) is 1. The fourth-order valence-electron chi connectivity index (χ4n) is 6.29. The Labute approximate surface area is 246 Å². The summed E-state index contributed by atoms with van der Waals surface area (Å²) in [6.07, 6.45) is 8.23. The normalized spacial score (nSPS) is 24.0. The number of likely N-dealkylation sites (tertiary alicyclic amines) is 1. The monoisotopic (exact) mass is 591 g/mol. The van der Waals surface area contributed by atoms with Crippen LogP contribution in [0.3, 0.4) is 0 Å². The molecule has 8 nitrogen and oxygen atoms in total. The summed E-state index contributed by atoms with van der Waals surface area (Å²) in [4.78, 5) is 17.7. The fraction of sp³-hybridized carbons (Fsp3) is 0.387. The zero-order chi connectivity index (χ0) is 29.1. The second kappa shape index (κ2) is 10.5. The Morgan fingerprint density at radius 1 is 1.26 bits per heavy atom. The van der Waals surface area contributed by atoms with Gasteiger partial charge in [-0.15, -0.1) is 6.42 Å². The van der Waals surface area contributed by atoms with Gasteiger partial charge >= 0.3 is 6.01 Å². The molecule has 3 aliphatic rings. The highest BCUT2D eigenvalue weighted by Gasteiger charge is 2.56. The zero-order valence-electron chi connectivity index (χ0n) is 22.9. The highest BCUT2D eigenvalue weighted by Crippen LogP contribution is 2.45. The number of halogens is 3. The molecule has 1 aliphatic carbocycles. The lowest BCUT2D eigenvalue weighted by Gasteiger charge is -2.25. The number of benzene rings is 2. The van der Waals surface area contributed by atoms with E-state index >= 15 is 4.39 Å². The molecule has 1 N–H and O–H groups in total. The van der Waals surface area contributed by atoms with Crippen LogP contribution in [0.15, 0.2) is 30.5 Å². The molecule has 0 bridgehead atoms. The molecule has 3 fully saturated rings. The highest BCUT2D eigenvalue weighted by atomic mass is 35.5. The minimum atomic E-state index is -1.07. The van der Waals surface area contributed by atoms with Crippen molar-refractivity contribution in [3.05, 3.63) is 46.9 Å². The SMILES string of the molecule is C#Cc1c(Cl)ccc2cc(O)cc(-c3ncc4c(N5CCOC[C@H]6[C@H](F)[C@H]65)nc(OC[C@@H]5CCCN5C)nc4c3F)c12. The summed E-state index contributed by atoms with van der Waals surface area (Å²) in [5.41, 5.74) is 0.527. The number of ether oxygens (including phenoxy) is 2. The average Bonchev–Trinajstić information content (AvgIpc) is 3.52. The summed E-state index contributed by atoms with van der Waals surface area (Å²) in [5.74, 6) is 1.82. The lowest BCUT2D eigenvalue weighted by Crippen LogP contribution is -2.32. The Morgan fingerprint density at radius 3 is 2.90 bits per heavy atom.